The summed E-state index contributed by atoms with van der Waals surface area (Å²) < 4.78 is 41.7. The van der Waals surface area contributed by atoms with Gasteiger partial charge in [0, 0.05) is 54.7 Å². The Bertz CT molecular complexity index is 1460. The number of pyridine rings is 1. The molecule has 0 aliphatic carbocycles. The van der Waals surface area contributed by atoms with Gasteiger partial charge in [0.2, 0.25) is 0 Å². The van der Waals surface area contributed by atoms with Crippen molar-refractivity contribution in [2.24, 2.45) is 0 Å². The van der Waals surface area contributed by atoms with E-state index in [1.165, 1.54) is 18.2 Å². The number of para-hydroxylation sites is 1. The largest absolute Gasteiger partial charge is 0.368 e. The first-order valence-electron chi connectivity index (χ1n) is 11.2. The lowest BCUT2D eigenvalue weighted by atomic mass is 10.1. The molecule has 1 saturated heterocycles. The van der Waals surface area contributed by atoms with Crippen LogP contribution in [0.5, 0.6) is 0 Å². The Balaban J connectivity index is 1.25. The Labute approximate surface area is 202 Å². The molecule has 178 valence electrons. The molecule has 0 unspecified atom stereocenters. The van der Waals surface area contributed by atoms with Gasteiger partial charge >= 0.3 is 0 Å². The second-order valence-electron chi connectivity index (χ2n) is 8.27. The highest BCUT2D eigenvalue weighted by Gasteiger charge is 2.23. The molecule has 2 heterocycles. The first-order chi connectivity index (χ1) is 16.9. The van der Waals surface area contributed by atoms with E-state index in [0.29, 0.717) is 42.9 Å². The Kier molecular flexibility index (Phi) is 6.08. The van der Waals surface area contributed by atoms with Gasteiger partial charge in [-0.15, -0.1) is 0 Å². The van der Waals surface area contributed by atoms with Gasteiger partial charge in [-0.05, 0) is 60.7 Å². The summed E-state index contributed by atoms with van der Waals surface area (Å²) in [6, 6.07) is 21.3. The minimum absolute atomic E-state index is 0.0924. The van der Waals surface area contributed by atoms with Gasteiger partial charge in [-0.25, -0.2) is 12.8 Å². The predicted octanol–water partition coefficient (Wildman–Crippen LogP) is 4.14. The third-order valence-electron chi connectivity index (χ3n) is 6.03. The van der Waals surface area contributed by atoms with Crippen LogP contribution in [0.3, 0.4) is 0 Å². The SMILES string of the molecule is O=C(c1ccc(NS(=O)(=O)c2cccc3cccnc23)cc1)N1CCN(c2ccc(F)cc2)CC1. The van der Waals surface area contributed by atoms with Gasteiger partial charge in [0.15, 0.2) is 0 Å². The standard InChI is InChI=1S/C26H23FN4O3S/c27-21-8-12-23(13-9-21)30-15-17-31(18-16-30)26(32)20-6-10-22(11-7-20)29-35(33,34)24-5-1-3-19-4-2-14-28-25(19)24/h1-14,29H,15-18H2. The Hall–Kier alpha value is -3.98. The van der Waals surface area contributed by atoms with Crippen molar-refractivity contribution in [3.05, 3.63) is 96.4 Å². The number of aromatic nitrogens is 1. The number of piperazine rings is 1. The van der Waals surface area contributed by atoms with Crippen LogP contribution in [0.2, 0.25) is 0 Å². The fourth-order valence-electron chi connectivity index (χ4n) is 4.19. The smallest absolute Gasteiger partial charge is 0.264 e. The first kappa shape index (κ1) is 22.8. The third kappa shape index (κ3) is 4.81. The first-order valence-corrected chi connectivity index (χ1v) is 12.7. The van der Waals surface area contributed by atoms with Gasteiger partial charge in [0.1, 0.15) is 10.7 Å². The number of hydrogen-bond acceptors (Lipinski definition) is 5. The number of rotatable bonds is 5. The molecule has 5 rings (SSSR count). The van der Waals surface area contributed by atoms with E-state index in [1.54, 1.807) is 71.8 Å². The lowest BCUT2D eigenvalue weighted by Crippen LogP contribution is -2.48. The topological polar surface area (TPSA) is 82.6 Å². The molecule has 9 heteroatoms. The van der Waals surface area contributed by atoms with Crippen molar-refractivity contribution in [2.45, 2.75) is 4.90 Å². The highest BCUT2D eigenvalue weighted by atomic mass is 32.2. The number of carbonyl (C=O) groups excluding carboxylic acids is 1. The number of sulfonamides is 1. The molecule has 1 aliphatic heterocycles. The molecular formula is C26H23FN4O3S. The minimum atomic E-state index is -3.87. The van der Waals surface area contributed by atoms with E-state index in [0.717, 1.165) is 11.1 Å². The van der Waals surface area contributed by atoms with Gasteiger partial charge in [-0.2, -0.15) is 0 Å². The van der Waals surface area contributed by atoms with E-state index in [9.17, 15) is 17.6 Å². The highest BCUT2D eigenvalue weighted by molar-refractivity contribution is 7.93. The number of benzene rings is 3. The maximum absolute atomic E-state index is 13.2. The summed E-state index contributed by atoms with van der Waals surface area (Å²) in [4.78, 5) is 21.2. The molecule has 1 N–H and O–H groups in total. The Morgan fingerprint density at radius 3 is 2.26 bits per heavy atom. The molecule has 0 saturated carbocycles. The molecule has 3 aromatic carbocycles. The molecule has 1 aliphatic rings. The third-order valence-corrected chi connectivity index (χ3v) is 7.44. The number of carbonyl (C=O) groups is 1. The van der Waals surface area contributed by atoms with Crippen LogP contribution in [0.4, 0.5) is 15.8 Å². The molecule has 7 nitrogen and oxygen atoms in total. The van der Waals surface area contributed by atoms with Gasteiger partial charge in [-0.3, -0.25) is 14.5 Å². The number of hydrogen-bond donors (Lipinski definition) is 1. The van der Waals surface area contributed by atoms with Crippen molar-refractivity contribution < 1.29 is 17.6 Å². The summed E-state index contributed by atoms with van der Waals surface area (Å²) in [5, 5.41) is 0.732. The molecule has 1 amide bonds. The number of nitrogens with zero attached hydrogens (tertiary/aromatic N) is 3. The van der Waals surface area contributed by atoms with Crippen molar-refractivity contribution in [2.75, 3.05) is 35.8 Å². The van der Waals surface area contributed by atoms with Crippen molar-refractivity contribution in [3.8, 4) is 0 Å². The maximum Gasteiger partial charge on any atom is 0.264 e. The summed E-state index contributed by atoms with van der Waals surface area (Å²) >= 11 is 0. The minimum Gasteiger partial charge on any atom is -0.368 e. The predicted molar refractivity (Wildman–Crippen MR) is 134 cm³/mol. The van der Waals surface area contributed by atoms with Crippen LogP contribution in [0, 0.1) is 5.82 Å². The monoisotopic (exact) mass is 490 g/mol. The van der Waals surface area contributed by atoms with E-state index in [1.807, 2.05) is 0 Å². The average molecular weight is 491 g/mol. The van der Waals surface area contributed by atoms with Crippen molar-refractivity contribution >= 4 is 38.2 Å². The van der Waals surface area contributed by atoms with Crippen molar-refractivity contribution in [1.82, 2.24) is 9.88 Å². The molecule has 1 aromatic heterocycles. The van der Waals surface area contributed by atoms with Crippen LogP contribution in [-0.2, 0) is 10.0 Å². The van der Waals surface area contributed by atoms with Crippen LogP contribution in [-0.4, -0.2) is 50.4 Å². The van der Waals surface area contributed by atoms with E-state index in [2.05, 4.69) is 14.6 Å². The summed E-state index contributed by atoms with van der Waals surface area (Å²) in [5.41, 5.74) is 2.16. The van der Waals surface area contributed by atoms with Gasteiger partial charge in [-0.1, -0.05) is 18.2 Å². The lowest BCUT2D eigenvalue weighted by Gasteiger charge is -2.36. The molecule has 0 atom stereocenters. The second kappa shape index (κ2) is 9.34. The number of halogens is 1. The van der Waals surface area contributed by atoms with Crippen LogP contribution in [0.1, 0.15) is 10.4 Å². The summed E-state index contributed by atoms with van der Waals surface area (Å²) in [6.45, 7) is 2.37. The zero-order valence-electron chi connectivity index (χ0n) is 18.8. The van der Waals surface area contributed by atoms with Crippen molar-refractivity contribution in [1.29, 1.82) is 0 Å². The van der Waals surface area contributed by atoms with Gasteiger partial charge < -0.3 is 9.80 Å². The van der Waals surface area contributed by atoms with Crippen LogP contribution in [0.25, 0.3) is 10.9 Å². The van der Waals surface area contributed by atoms with E-state index < -0.39 is 10.0 Å². The number of fused-ring (bicyclic) bond motifs is 1. The Morgan fingerprint density at radius 2 is 1.54 bits per heavy atom. The Morgan fingerprint density at radius 1 is 0.857 bits per heavy atom. The zero-order valence-corrected chi connectivity index (χ0v) is 19.6. The fourth-order valence-corrected chi connectivity index (χ4v) is 5.43. The number of nitrogens with one attached hydrogen (secondary N) is 1. The molecule has 4 aromatic rings. The highest BCUT2D eigenvalue weighted by Crippen LogP contribution is 2.24. The molecule has 0 radical (unpaired) electrons. The van der Waals surface area contributed by atoms with E-state index in [-0.39, 0.29) is 16.6 Å². The fraction of sp³-hybridized carbons (Fsp3) is 0.154. The lowest BCUT2D eigenvalue weighted by molar-refractivity contribution is 0.0747. The number of amides is 1. The second-order valence-corrected chi connectivity index (χ2v) is 9.92. The quantitative estimate of drug-likeness (QED) is 0.455. The average Bonchev–Trinajstić information content (AvgIpc) is 2.89. The summed E-state index contributed by atoms with van der Waals surface area (Å²) in [7, 11) is -3.87. The van der Waals surface area contributed by atoms with Crippen LogP contribution in [0.15, 0.2) is 90.0 Å². The van der Waals surface area contributed by atoms with Gasteiger partial charge in [0.05, 0.1) is 5.52 Å². The molecule has 35 heavy (non-hydrogen) atoms. The molecule has 0 spiro atoms. The van der Waals surface area contributed by atoms with E-state index in [4.69, 9.17) is 0 Å². The molecule has 1 fully saturated rings. The normalized spacial score (nSPS) is 14.2. The molecular weight excluding hydrogens is 467 g/mol. The van der Waals surface area contributed by atoms with Crippen molar-refractivity contribution in [3.63, 3.8) is 0 Å². The van der Waals surface area contributed by atoms with Crippen LogP contribution < -0.4 is 9.62 Å². The van der Waals surface area contributed by atoms with E-state index >= 15 is 0 Å². The van der Waals surface area contributed by atoms with Gasteiger partial charge in [0.25, 0.3) is 15.9 Å². The molecule has 0 bridgehead atoms. The summed E-state index contributed by atoms with van der Waals surface area (Å²) in [5.74, 6) is -0.390. The number of anilines is 2. The zero-order chi connectivity index (χ0) is 24.4. The maximum atomic E-state index is 13.2. The summed E-state index contributed by atoms with van der Waals surface area (Å²) in [6.07, 6.45) is 1.56. The van der Waals surface area contributed by atoms with Crippen LogP contribution >= 0.6 is 0 Å².